The average molecular weight is 453 g/mol. The Hall–Kier alpha value is -3.53. The first-order chi connectivity index (χ1) is 16.7. The van der Waals surface area contributed by atoms with Gasteiger partial charge < -0.3 is 10.0 Å². The van der Waals surface area contributed by atoms with Gasteiger partial charge in [-0.1, -0.05) is 24.1 Å². The summed E-state index contributed by atoms with van der Waals surface area (Å²) in [6.45, 7) is 2.48. The van der Waals surface area contributed by atoms with E-state index >= 15 is 0 Å². The van der Waals surface area contributed by atoms with Crippen molar-refractivity contribution in [1.82, 2.24) is 19.8 Å². The van der Waals surface area contributed by atoms with Crippen LogP contribution >= 0.6 is 0 Å². The van der Waals surface area contributed by atoms with Crippen LogP contribution in [0.15, 0.2) is 73.2 Å². The zero-order chi connectivity index (χ0) is 23.3. The number of carbonyl (C=O) groups is 1. The molecule has 1 N–H and O–H groups in total. The van der Waals surface area contributed by atoms with Crippen molar-refractivity contribution in [2.45, 2.75) is 30.8 Å². The quantitative estimate of drug-likeness (QED) is 0.619. The van der Waals surface area contributed by atoms with Crippen molar-refractivity contribution in [3.05, 3.63) is 95.6 Å². The minimum Gasteiger partial charge on any atom is -0.395 e. The monoisotopic (exact) mass is 452 g/mol. The Balaban J connectivity index is 1.35. The third-order valence-electron chi connectivity index (χ3n) is 6.88. The molecule has 6 nitrogen and oxygen atoms in total. The number of pyridine rings is 2. The third-order valence-corrected chi connectivity index (χ3v) is 6.88. The van der Waals surface area contributed by atoms with Gasteiger partial charge in [0, 0.05) is 60.8 Å². The third kappa shape index (κ3) is 4.58. The summed E-state index contributed by atoms with van der Waals surface area (Å²) in [5.74, 6) is 6.49. The predicted octanol–water partition coefficient (Wildman–Crippen LogP) is 2.94. The molecule has 0 radical (unpaired) electrons. The average Bonchev–Trinajstić information content (AvgIpc) is 2.88. The molecule has 0 unspecified atom stereocenters. The van der Waals surface area contributed by atoms with E-state index < -0.39 is 0 Å². The molecule has 6 heteroatoms. The molecular weight excluding hydrogens is 424 g/mol. The number of rotatable bonds is 3. The van der Waals surface area contributed by atoms with Gasteiger partial charge in [-0.15, -0.1) is 0 Å². The van der Waals surface area contributed by atoms with Crippen molar-refractivity contribution in [2.75, 3.05) is 26.2 Å². The molecule has 2 aliphatic rings. The lowest BCUT2D eigenvalue weighted by molar-refractivity contribution is -0.0606. The minimum absolute atomic E-state index is 0.0515. The molecule has 0 bridgehead atoms. The standard InChI is InChI=1S/C28H28N4O2/c33-20-26-27(22-9-6-21(7-10-22)8-11-24-5-1-2-14-30-24)25-19-31(17-3-4-18-32(25)26)28(34)23-12-15-29-16-13-23/h1-2,5-7,9-10,12-16,25-27,33H,3-4,17-20H2/t25-,26+,27-/m0/s1. The first kappa shape index (κ1) is 22.3. The number of hydrogen-bond acceptors (Lipinski definition) is 5. The van der Waals surface area contributed by atoms with Gasteiger partial charge >= 0.3 is 0 Å². The molecule has 2 aliphatic heterocycles. The minimum atomic E-state index is 0.0515. The fraction of sp³-hybridized carbons (Fsp3) is 0.321. The normalized spacial score (nSPS) is 22.4. The maximum atomic E-state index is 13.2. The maximum Gasteiger partial charge on any atom is 0.254 e. The summed E-state index contributed by atoms with van der Waals surface area (Å²) in [5.41, 5.74) is 3.53. The number of carbonyl (C=O) groups excluding carboxylic acids is 1. The summed E-state index contributed by atoms with van der Waals surface area (Å²) in [7, 11) is 0. The molecule has 2 fully saturated rings. The van der Waals surface area contributed by atoms with Crippen molar-refractivity contribution < 1.29 is 9.90 Å². The summed E-state index contributed by atoms with van der Waals surface area (Å²) in [6.07, 6.45) is 7.04. The Labute approximate surface area is 200 Å². The van der Waals surface area contributed by atoms with Crippen molar-refractivity contribution in [1.29, 1.82) is 0 Å². The second-order valence-corrected chi connectivity index (χ2v) is 8.86. The second kappa shape index (κ2) is 10.2. The van der Waals surface area contributed by atoms with Crippen LogP contribution in [-0.2, 0) is 0 Å². The molecule has 2 saturated heterocycles. The van der Waals surface area contributed by atoms with Crippen LogP contribution in [0, 0.1) is 11.8 Å². The van der Waals surface area contributed by atoms with Gasteiger partial charge in [0.05, 0.1) is 6.61 Å². The fourth-order valence-electron chi connectivity index (χ4n) is 5.16. The lowest BCUT2D eigenvalue weighted by atomic mass is 9.74. The molecule has 0 aliphatic carbocycles. The van der Waals surface area contributed by atoms with Gasteiger partial charge in [0.25, 0.3) is 5.91 Å². The van der Waals surface area contributed by atoms with Crippen molar-refractivity contribution >= 4 is 5.91 Å². The van der Waals surface area contributed by atoms with E-state index in [0.29, 0.717) is 12.1 Å². The molecule has 5 rings (SSSR count). The van der Waals surface area contributed by atoms with Crippen LogP contribution in [0.2, 0.25) is 0 Å². The Kier molecular flexibility index (Phi) is 6.66. The summed E-state index contributed by atoms with van der Waals surface area (Å²) in [4.78, 5) is 25.8. The molecule has 172 valence electrons. The fourth-order valence-corrected chi connectivity index (χ4v) is 5.16. The Bertz CT molecular complexity index is 1170. The van der Waals surface area contributed by atoms with Crippen molar-refractivity contribution in [3.63, 3.8) is 0 Å². The molecule has 34 heavy (non-hydrogen) atoms. The lowest BCUT2D eigenvalue weighted by Crippen LogP contribution is -2.67. The van der Waals surface area contributed by atoms with Crippen LogP contribution in [0.25, 0.3) is 0 Å². The first-order valence-corrected chi connectivity index (χ1v) is 11.8. The van der Waals surface area contributed by atoms with Gasteiger partial charge in [0.15, 0.2) is 0 Å². The van der Waals surface area contributed by atoms with E-state index in [1.165, 1.54) is 5.56 Å². The second-order valence-electron chi connectivity index (χ2n) is 8.86. The first-order valence-electron chi connectivity index (χ1n) is 11.8. The van der Waals surface area contributed by atoms with E-state index in [1.807, 2.05) is 35.2 Å². The molecule has 4 heterocycles. The van der Waals surface area contributed by atoms with E-state index in [2.05, 4.69) is 38.8 Å². The number of aromatic nitrogens is 2. The summed E-state index contributed by atoms with van der Waals surface area (Å²) >= 11 is 0. The summed E-state index contributed by atoms with van der Waals surface area (Å²) < 4.78 is 0. The number of benzene rings is 1. The highest BCUT2D eigenvalue weighted by Crippen LogP contribution is 2.42. The van der Waals surface area contributed by atoms with E-state index in [1.54, 1.807) is 30.7 Å². The number of hydrogen-bond donors (Lipinski definition) is 1. The number of amides is 1. The summed E-state index contributed by atoms with van der Waals surface area (Å²) in [5, 5.41) is 10.2. The Morgan fingerprint density at radius 3 is 2.50 bits per heavy atom. The van der Waals surface area contributed by atoms with Crippen LogP contribution in [0.4, 0.5) is 0 Å². The van der Waals surface area contributed by atoms with Crippen LogP contribution in [0.5, 0.6) is 0 Å². The molecule has 2 aromatic heterocycles. The topological polar surface area (TPSA) is 69.6 Å². The SMILES string of the molecule is O=C(c1ccncc1)N1CCCCN2[C@H](CO)[C@@H](c3ccc(C#Cc4ccccn4)cc3)[C@@H]2C1. The number of nitrogens with zero attached hydrogens (tertiary/aromatic N) is 4. The molecule has 0 saturated carbocycles. The van der Waals surface area contributed by atoms with Crippen LogP contribution in [0.3, 0.4) is 0 Å². The highest BCUT2D eigenvalue weighted by atomic mass is 16.3. The van der Waals surface area contributed by atoms with Crippen LogP contribution in [0.1, 0.15) is 45.9 Å². The zero-order valence-electron chi connectivity index (χ0n) is 19.0. The molecule has 1 amide bonds. The van der Waals surface area contributed by atoms with E-state index in [-0.39, 0.29) is 30.5 Å². The Morgan fingerprint density at radius 2 is 1.76 bits per heavy atom. The van der Waals surface area contributed by atoms with E-state index in [0.717, 1.165) is 37.2 Å². The maximum absolute atomic E-state index is 13.2. The zero-order valence-corrected chi connectivity index (χ0v) is 19.0. The molecule has 3 aromatic rings. The van der Waals surface area contributed by atoms with Gasteiger partial charge in [0.2, 0.25) is 0 Å². The lowest BCUT2D eigenvalue weighted by Gasteiger charge is -2.57. The van der Waals surface area contributed by atoms with Gasteiger partial charge in [-0.2, -0.15) is 0 Å². The Morgan fingerprint density at radius 1 is 0.971 bits per heavy atom. The number of fused-ring (bicyclic) bond motifs is 1. The predicted molar refractivity (Wildman–Crippen MR) is 130 cm³/mol. The smallest absolute Gasteiger partial charge is 0.254 e. The largest absolute Gasteiger partial charge is 0.395 e. The van der Waals surface area contributed by atoms with E-state index in [9.17, 15) is 9.90 Å². The highest BCUT2D eigenvalue weighted by Gasteiger charge is 2.49. The van der Waals surface area contributed by atoms with Crippen molar-refractivity contribution in [2.24, 2.45) is 0 Å². The highest BCUT2D eigenvalue weighted by molar-refractivity contribution is 5.94. The van der Waals surface area contributed by atoms with Gasteiger partial charge in [0.1, 0.15) is 5.69 Å². The van der Waals surface area contributed by atoms with E-state index in [4.69, 9.17) is 0 Å². The molecular formula is C28H28N4O2. The molecule has 3 atom stereocenters. The number of aliphatic hydroxyl groups is 1. The molecule has 1 aromatic carbocycles. The van der Waals surface area contributed by atoms with Crippen LogP contribution in [-0.4, -0.2) is 69.1 Å². The van der Waals surface area contributed by atoms with Gasteiger partial charge in [-0.05, 0) is 67.3 Å². The van der Waals surface area contributed by atoms with Gasteiger partial charge in [-0.25, -0.2) is 4.98 Å². The van der Waals surface area contributed by atoms with Gasteiger partial charge in [-0.3, -0.25) is 14.7 Å². The molecule has 0 spiro atoms. The van der Waals surface area contributed by atoms with Crippen molar-refractivity contribution in [3.8, 4) is 11.8 Å². The summed E-state index contributed by atoms with van der Waals surface area (Å²) in [6, 6.07) is 17.8. The number of aliphatic hydroxyl groups excluding tert-OH is 1. The van der Waals surface area contributed by atoms with Crippen LogP contribution < -0.4 is 0 Å².